The zero-order chi connectivity index (χ0) is 20.3. The Kier molecular flexibility index (Phi) is 6.01. The number of benzene rings is 1. The smallest absolute Gasteiger partial charge is 0.282 e. The highest BCUT2D eigenvalue weighted by molar-refractivity contribution is 5.94. The number of hydrogen-bond donors (Lipinski definition) is 2. The van der Waals surface area contributed by atoms with Crippen LogP contribution in [-0.2, 0) is 0 Å². The van der Waals surface area contributed by atoms with E-state index >= 15 is 0 Å². The second-order valence-electron chi connectivity index (χ2n) is 6.95. The van der Waals surface area contributed by atoms with E-state index in [-0.39, 0.29) is 17.6 Å². The number of H-pyrrole nitrogens is 2. The van der Waals surface area contributed by atoms with Crippen LogP contribution in [0.1, 0.15) is 58.1 Å². The van der Waals surface area contributed by atoms with E-state index in [9.17, 15) is 18.0 Å². The van der Waals surface area contributed by atoms with Gasteiger partial charge in [-0.2, -0.15) is 10.2 Å². The van der Waals surface area contributed by atoms with Crippen LogP contribution in [0.4, 0.5) is 13.2 Å². The predicted molar refractivity (Wildman–Crippen MR) is 97.1 cm³/mol. The second-order valence-corrected chi connectivity index (χ2v) is 6.95. The number of piperidine rings is 1. The molecule has 1 aliphatic heterocycles. The number of nitrogens with zero attached hydrogens (tertiary/aromatic N) is 3. The molecule has 6 nitrogen and oxygen atoms in total. The highest BCUT2D eigenvalue weighted by Gasteiger charge is 2.27. The summed E-state index contributed by atoms with van der Waals surface area (Å²) in [4.78, 5) is 14.6. The lowest BCUT2D eigenvalue weighted by Gasteiger charge is -2.32. The van der Waals surface area contributed by atoms with Crippen LogP contribution < -0.4 is 0 Å². The van der Waals surface area contributed by atoms with Gasteiger partial charge in [0.05, 0.1) is 0 Å². The van der Waals surface area contributed by atoms with Gasteiger partial charge in [0.15, 0.2) is 0 Å². The van der Waals surface area contributed by atoms with Crippen molar-refractivity contribution in [1.82, 2.24) is 25.3 Å². The van der Waals surface area contributed by atoms with Gasteiger partial charge in [-0.25, -0.2) is 13.2 Å². The van der Waals surface area contributed by atoms with E-state index in [1.54, 1.807) is 30.9 Å². The van der Waals surface area contributed by atoms with Gasteiger partial charge in [0.2, 0.25) is 0 Å². The minimum Gasteiger partial charge on any atom is -0.338 e. The molecule has 2 aromatic rings. The highest BCUT2D eigenvalue weighted by Crippen LogP contribution is 2.28. The number of halogens is 3. The van der Waals surface area contributed by atoms with Crippen molar-refractivity contribution in [1.29, 1.82) is 0 Å². The lowest BCUT2D eigenvalue weighted by molar-refractivity contribution is 0.0705. The number of rotatable bonds is 3. The molecule has 0 unspecified atom stereocenters. The summed E-state index contributed by atoms with van der Waals surface area (Å²) in [7, 11) is 0. The number of aromatic amines is 2. The van der Waals surface area contributed by atoms with Gasteiger partial charge in [-0.05, 0) is 56.0 Å². The molecule has 2 N–H and O–H groups in total. The molecule has 0 spiro atoms. The summed E-state index contributed by atoms with van der Waals surface area (Å²) in [6.07, 6.45) is -0.103. The highest BCUT2D eigenvalue weighted by atomic mass is 19.3. The Balaban J connectivity index is 1.86. The molecule has 3 rings (SSSR count). The SMILES string of the molecule is Cc1cc(C(=O)N2CCC[C@H](c3cc(C(F)F)n[nH]cn[nH]3)C2)cc(C)c1F. The predicted octanol–water partition coefficient (Wildman–Crippen LogP) is 3.97. The van der Waals surface area contributed by atoms with Crippen molar-refractivity contribution in [2.75, 3.05) is 13.1 Å². The zero-order valence-corrected chi connectivity index (χ0v) is 15.7. The quantitative estimate of drug-likeness (QED) is 0.828. The minimum atomic E-state index is -2.73. The Labute approximate surface area is 160 Å². The molecule has 1 atom stereocenters. The van der Waals surface area contributed by atoms with Crippen molar-refractivity contribution in [3.05, 3.63) is 58.4 Å². The largest absolute Gasteiger partial charge is 0.338 e. The van der Waals surface area contributed by atoms with Crippen molar-refractivity contribution in [3.63, 3.8) is 0 Å². The fourth-order valence-corrected chi connectivity index (χ4v) is 3.45. The van der Waals surface area contributed by atoms with Crippen LogP contribution in [0.3, 0.4) is 0 Å². The third kappa shape index (κ3) is 4.35. The summed E-state index contributed by atoms with van der Waals surface area (Å²) >= 11 is 0. The van der Waals surface area contributed by atoms with Gasteiger partial charge in [-0.1, -0.05) is 0 Å². The van der Waals surface area contributed by atoms with Crippen LogP contribution in [0.5, 0.6) is 0 Å². The maximum Gasteiger partial charge on any atom is 0.282 e. The van der Waals surface area contributed by atoms with Crippen molar-refractivity contribution in [3.8, 4) is 0 Å². The molecular formula is C19H22F3N5O. The van der Waals surface area contributed by atoms with Crippen LogP contribution in [0.2, 0.25) is 0 Å². The van der Waals surface area contributed by atoms with Crippen LogP contribution in [0.25, 0.3) is 0 Å². The van der Waals surface area contributed by atoms with E-state index in [0.29, 0.717) is 35.5 Å². The van der Waals surface area contributed by atoms with Gasteiger partial charge in [0, 0.05) is 30.3 Å². The van der Waals surface area contributed by atoms with E-state index in [0.717, 1.165) is 12.8 Å². The number of likely N-dealkylation sites (tertiary alicyclic amines) is 1. The van der Waals surface area contributed by atoms with E-state index in [1.165, 1.54) is 12.4 Å². The number of alkyl halides is 2. The molecule has 0 bridgehead atoms. The number of carbonyl (C=O) groups excluding carboxylic acids is 1. The Hall–Kier alpha value is -2.84. The van der Waals surface area contributed by atoms with Crippen molar-refractivity contribution < 1.29 is 18.0 Å². The molecule has 2 heterocycles. The lowest BCUT2D eigenvalue weighted by Crippen LogP contribution is -2.39. The van der Waals surface area contributed by atoms with Crippen LogP contribution >= 0.6 is 0 Å². The van der Waals surface area contributed by atoms with Crippen molar-refractivity contribution >= 4 is 5.91 Å². The average Bonchev–Trinajstić information content (AvgIpc) is 2.65. The van der Waals surface area contributed by atoms with E-state index in [4.69, 9.17) is 0 Å². The summed E-state index contributed by atoms with van der Waals surface area (Å²) in [5, 5.41) is 12.6. The molecule has 0 saturated carbocycles. The van der Waals surface area contributed by atoms with Crippen LogP contribution in [0.15, 0.2) is 24.5 Å². The molecule has 0 aliphatic carbocycles. The second kappa shape index (κ2) is 8.45. The number of nitrogens with one attached hydrogen (secondary N) is 2. The Morgan fingerprint density at radius 1 is 1.25 bits per heavy atom. The van der Waals surface area contributed by atoms with Crippen molar-refractivity contribution in [2.45, 2.75) is 39.0 Å². The third-order valence-corrected chi connectivity index (χ3v) is 4.87. The molecule has 1 saturated heterocycles. The summed E-state index contributed by atoms with van der Waals surface area (Å²) < 4.78 is 40.1. The number of amides is 1. The van der Waals surface area contributed by atoms with Gasteiger partial charge in [-0.15, -0.1) is 0 Å². The molecule has 150 valence electrons. The fourth-order valence-electron chi connectivity index (χ4n) is 3.45. The summed E-state index contributed by atoms with van der Waals surface area (Å²) in [6.45, 7) is 4.16. The monoisotopic (exact) mass is 393 g/mol. The van der Waals surface area contributed by atoms with Crippen molar-refractivity contribution in [2.24, 2.45) is 0 Å². The molecule has 1 aliphatic rings. The van der Waals surface area contributed by atoms with E-state index < -0.39 is 12.1 Å². The Morgan fingerprint density at radius 2 is 1.96 bits per heavy atom. The molecule has 1 aromatic carbocycles. The minimum absolute atomic E-state index is 0.181. The van der Waals surface area contributed by atoms with E-state index in [2.05, 4.69) is 20.4 Å². The topological polar surface area (TPSA) is 77.7 Å². The summed E-state index contributed by atoms with van der Waals surface area (Å²) in [6, 6.07) is 4.36. The van der Waals surface area contributed by atoms with Crippen LogP contribution in [-0.4, -0.2) is 44.3 Å². The molecule has 28 heavy (non-hydrogen) atoms. The van der Waals surface area contributed by atoms with Gasteiger partial charge in [-0.3, -0.25) is 15.0 Å². The number of aryl methyl sites for hydroxylation is 2. The first-order valence-electron chi connectivity index (χ1n) is 9.03. The molecule has 1 aromatic heterocycles. The summed E-state index contributed by atoms with van der Waals surface area (Å²) in [5.74, 6) is -0.697. The molecule has 0 radical (unpaired) electrons. The lowest BCUT2D eigenvalue weighted by atomic mass is 9.93. The molecule has 1 fully saturated rings. The van der Waals surface area contributed by atoms with Gasteiger partial charge < -0.3 is 4.90 Å². The van der Waals surface area contributed by atoms with Gasteiger partial charge in [0.25, 0.3) is 12.3 Å². The summed E-state index contributed by atoms with van der Waals surface area (Å²) in [5.41, 5.74) is 1.35. The average molecular weight is 393 g/mol. The first-order valence-corrected chi connectivity index (χ1v) is 9.03. The third-order valence-electron chi connectivity index (χ3n) is 4.87. The van der Waals surface area contributed by atoms with E-state index in [1.807, 2.05) is 0 Å². The zero-order valence-electron chi connectivity index (χ0n) is 15.7. The first-order chi connectivity index (χ1) is 13.4. The maximum atomic E-state index is 13.9. The number of carbonyl (C=O) groups is 1. The van der Waals surface area contributed by atoms with Crippen LogP contribution in [0, 0.1) is 19.7 Å². The number of aromatic nitrogens is 4. The number of hydrogen-bond acceptors (Lipinski definition) is 3. The fraction of sp³-hybridized carbons (Fsp3) is 0.421. The van der Waals surface area contributed by atoms with Gasteiger partial charge >= 0.3 is 0 Å². The normalized spacial score (nSPS) is 16.9. The molecular weight excluding hydrogens is 371 g/mol. The first kappa shape index (κ1) is 19.9. The maximum absolute atomic E-state index is 13.9. The Morgan fingerprint density at radius 3 is 2.64 bits per heavy atom. The molecule has 9 heteroatoms. The van der Waals surface area contributed by atoms with Gasteiger partial charge in [0.1, 0.15) is 17.8 Å². The standard InChI is InChI=1S/C19H22F3N5O/c1-11-6-14(7-12(2)17(11)20)19(28)27-5-3-4-13(9-27)15-8-16(18(21)22)26-24-10-23-25-15/h6-8,10,13,18,25H,3-5,9H2,1-2H3,(H,23,24)/t13-/m0/s1. The molecule has 1 amide bonds. The Bertz CT molecular complexity index is 884.